The summed E-state index contributed by atoms with van der Waals surface area (Å²) in [6, 6.07) is 3.88. The second-order valence-electron chi connectivity index (χ2n) is 4.17. The molecule has 2 N–H and O–H groups in total. The maximum Gasteiger partial charge on any atom is 0.194 e. The number of nitrogens with two attached hydrogens (primary N) is 1. The maximum atomic E-state index is 13.3. The quantitative estimate of drug-likeness (QED) is 0.801. The third kappa shape index (κ3) is 2.13. The van der Waals surface area contributed by atoms with Crippen LogP contribution < -0.4 is 5.73 Å². The molecule has 1 aromatic carbocycles. The average molecular weight is 279 g/mol. The van der Waals surface area contributed by atoms with Crippen LogP contribution in [0.25, 0.3) is 16.2 Å². The highest BCUT2D eigenvalue weighted by atomic mass is 32.1. The van der Waals surface area contributed by atoms with E-state index >= 15 is 0 Å². The summed E-state index contributed by atoms with van der Waals surface area (Å²) in [6.07, 6.45) is 2.58. The minimum Gasteiger partial charge on any atom is -0.330 e. The molecule has 19 heavy (non-hydrogen) atoms. The number of nitrogens with zero attached hydrogens (tertiary/aromatic N) is 2. The van der Waals surface area contributed by atoms with Gasteiger partial charge in [0.15, 0.2) is 16.6 Å². The van der Waals surface area contributed by atoms with E-state index in [1.165, 1.54) is 17.4 Å². The van der Waals surface area contributed by atoms with E-state index in [4.69, 9.17) is 5.73 Å². The number of hydrogen-bond acceptors (Lipinski definition) is 3. The molecule has 0 aliphatic carbocycles. The monoisotopic (exact) mass is 279 g/mol. The fourth-order valence-electron chi connectivity index (χ4n) is 1.96. The second-order valence-corrected chi connectivity index (χ2v) is 5.01. The van der Waals surface area contributed by atoms with Crippen molar-refractivity contribution in [2.24, 2.45) is 5.73 Å². The molecule has 0 aliphatic rings. The predicted octanol–water partition coefficient (Wildman–Crippen LogP) is 2.84. The van der Waals surface area contributed by atoms with E-state index in [9.17, 15) is 8.78 Å². The molecule has 0 saturated carbocycles. The molecule has 3 rings (SSSR count). The molecule has 0 atom stereocenters. The first-order valence-corrected chi connectivity index (χ1v) is 6.68. The smallest absolute Gasteiger partial charge is 0.194 e. The summed E-state index contributed by atoms with van der Waals surface area (Å²) in [5.41, 5.74) is 7.83. The summed E-state index contributed by atoms with van der Waals surface area (Å²) in [5, 5.41) is 1.88. The lowest BCUT2D eigenvalue weighted by atomic mass is 10.1. The molecule has 2 aromatic heterocycles. The number of benzene rings is 1. The lowest BCUT2D eigenvalue weighted by molar-refractivity contribution is 0.509. The molecule has 0 unspecified atom stereocenters. The molecule has 2 heterocycles. The molecule has 0 radical (unpaired) electrons. The summed E-state index contributed by atoms with van der Waals surface area (Å²) >= 11 is 1.46. The van der Waals surface area contributed by atoms with Crippen LogP contribution in [0.1, 0.15) is 5.69 Å². The highest BCUT2D eigenvalue weighted by molar-refractivity contribution is 7.15. The van der Waals surface area contributed by atoms with E-state index < -0.39 is 11.6 Å². The summed E-state index contributed by atoms with van der Waals surface area (Å²) in [6.45, 7) is 0.533. The van der Waals surface area contributed by atoms with Gasteiger partial charge in [0.1, 0.15) is 0 Å². The van der Waals surface area contributed by atoms with Crippen molar-refractivity contribution in [2.75, 3.05) is 6.54 Å². The van der Waals surface area contributed by atoms with E-state index in [0.29, 0.717) is 18.5 Å². The molecular weight excluding hydrogens is 268 g/mol. The standard InChI is InChI=1S/C13H11F2N3S/c14-10-2-1-8(5-11(10)15)12-7-19-13-17-9(3-4-16)6-18(12)13/h1-2,5-7H,3-4,16H2. The van der Waals surface area contributed by atoms with Crippen molar-refractivity contribution in [1.29, 1.82) is 0 Å². The van der Waals surface area contributed by atoms with Crippen LogP contribution in [0.2, 0.25) is 0 Å². The molecule has 98 valence electrons. The first kappa shape index (κ1) is 12.3. The number of aromatic nitrogens is 2. The third-order valence-corrected chi connectivity index (χ3v) is 3.71. The fraction of sp³-hybridized carbons (Fsp3) is 0.154. The normalized spacial score (nSPS) is 11.3. The van der Waals surface area contributed by atoms with Crippen LogP contribution in [-0.2, 0) is 6.42 Å². The summed E-state index contributed by atoms with van der Waals surface area (Å²) in [4.78, 5) is 5.24. The van der Waals surface area contributed by atoms with Crippen LogP contribution in [0.5, 0.6) is 0 Å². The maximum absolute atomic E-state index is 13.3. The van der Waals surface area contributed by atoms with Gasteiger partial charge < -0.3 is 5.73 Å². The van der Waals surface area contributed by atoms with Gasteiger partial charge in [0, 0.05) is 23.6 Å². The van der Waals surface area contributed by atoms with Crippen molar-refractivity contribution in [3.05, 3.63) is 47.1 Å². The molecular formula is C13H11F2N3S. The molecule has 0 amide bonds. The van der Waals surface area contributed by atoms with Gasteiger partial charge in [0.25, 0.3) is 0 Å². The highest BCUT2D eigenvalue weighted by Gasteiger charge is 2.11. The van der Waals surface area contributed by atoms with Gasteiger partial charge in [-0.3, -0.25) is 4.40 Å². The van der Waals surface area contributed by atoms with Crippen molar-refractivity contribution in [3.63, 3.8) is 0 Å². The molecule has 0 bridgehead atoms. The number of imidazole rings is 1. The van der Waals surface area contributed by atoms with Crippen LogP contribution >= 0.6 is 11.3 Å². The van der Waals surface area contributed by atoms with Gasteiger partial charge >= 0.3 is 0 Å². The minimum atomic E-state index is -0.848. The second kappa shape index (κ2) is 4.71. The van der Waals surface area contributed by atoms with Gasteiger partial charge in [-0.05, 0) is 24.7 Å². The molecule has 6 heteroatoms. The SMILES string of the molecule is NCCc1cn2c(-c3ccc(F)c(F)c3)csc2n1. The molecule has 0 spiro atoms. The minimum absolute atomic E-state index is 0.533. The first-order valence-electron chi connectivity index (χ1n) is 5.80. The van der Waals surface area contributed by atoms with Crippen molar-refractivity contribution < 1.29 is 8.78 Å². The Balaban J connectivity index is 2.10. The number of fused-ring (bicyclic) bond motifs is 1. The van der Waals surface area contributed by atoms with Crippen LogP contribution in [0.15, 0.2) is 29.8 Å². The molecule has 0 fully saturated rings. The Labute approximate surface area is 112 Å². The zero-order valence-corrected chi connectivity index (χ0v) is 10.8. The Morgan fingerprint density at radius 2 is 2.11 bits per heavy atom. The Morgan fingerprint density at radius 1 is 1.26 bits per heavy atom. The van der Waals surface area contributed by atoms with E-state index in [0.717, 1.165) is 22.4 Å². The number of halogens is 2. The van der Waals surface area contributed by atoms with E-state index in [1.54, 1.807) is 6.07 Å². The molecule has 0 aliphatic heterocycles. The first-order chi connectivity index (χ1) is 9.19. The van der Waals surface area contributed by atoms with Gasteiger partial charge in [-0.1, -0.05) is 0 Å². The van der Waals surface area contributed by atoms with Gasteiger partial charge in [-0.25, -0.2) is 13.8 Å². The largest absolute Gasteiger partial charge is 0.330 e. The average Bonchev–Trinajstić information content (AvgIpc) is 2.93. The Bertz CT molecular complexity index is 733. The Morgan fingerprint density at radius 3 is 2.84 bits per heavy atom. The summed E-state index contributed by atoms with van der Waals surface area (Å²) in [5.74, 6) is -1.69. The predicted molar refractivity (Wildman–Crippen MR) is 71.2 cm³/mol. The topological polar surface area (TPSA) is 43.3 Å². The van der Waals surface area contributed by atoms with Crippen LogP contribution in [0, 0.1) is 11.6 Å². The number of thiazole rings is 1. The van der Waals surface area contributed by atoms with Crippen molar-refractivity contribution in [2.45, 2.75) is 6.42 Å². The summed E-state index contributed by atoms with van der Waals surface area (Å²) in [7, 11) is 0. The van der Waals surface area contributed by atoms with E-state index in [2.05, 4.69) is 4.98 Å². The van der Waals surface area contributed by atoms with Gasteiger partial charge in [0.2, 0.25) is 0 Å². The van der Waals surface area contributed by atoms with E-state index in [1.807, 2.05) is 16.0 Å². The van der Waals surface area contributed by atoms with Crippen molar-refractivity contribution in [1.82, 2.24) is 9.38 Å². The van der Waals surface area contributed by atoms with Crippen LogP contribution in [-0.4, -0.2) is 15.9 Å². The van der Waals surface area contributed by atoms with Gasteiger partial charge in [0.05, 0.1) is 11.4 Å². The van der Waals surface area contributed by atoms with Gasteiger partial charge in [-0.15, -0.1) is 11.3 Å². The third-order valence-electron chi connectivity index (χ3n) is 2.87. The van der Waals surface area contributed by atoms with E-state index in [-0.39, 0.29) is 0 Å². The Kier molecular flexibility index (Phi) is 3.04. The van der Waals surface area contributed by atoms with Gasteiger partial charge in [-0.2, -0.15) is 0 Å². The Hall–Kier alpha value is -1.79. The number of hydrogen-bond donors (Lipinski definition) is 1. The molecule has 3 aromatic rings. The molecule has 3 nitrogen and oxygen atoms in total. The molecule has 0 saturated heterocycles. The zero-order chi connectivity index (χ0) is 13.4. The zero-order valence-electron chi connectivity index (χ0n) is 9.94. The van der Waals surface area contributed by atoms with Crippen molar-refractivity contribution in [3.8, 4) is 11.3 Å². The highest BCUT2D eigenvalue weighted by Crippen LogP contribution is 2.27. The summed E-state index contributed by atoms with van der Waals surface area (Å²) < 4.78 is 28.1. The number of rotatable bonds is 3. The van der Waals surface area contributed by atoms with Crippen molar-refractivity contribution >= 4 is 16.3 Å². The fourth-order valence-corrected chi connectivity index (χ4v) is 2.86. The lowest BCUT2D eigenvalue weighted by Gasteiger charge is -2.00. The van der Waals surface area contributed by atoms with Crippen LogP contribution in [0.3, 0.4) is 0 Å². The van der Waals surface area contributed by atoms with Crippen LogP contribution in [0.4, 0.5) is 8.78 Å². The lowest BCUT2D eigenvalue weighted by Crippen LogP contribution is -2.02.